The van der Waals surface area contributed by atoms with Crippen LogP contribution in [0.2, 0.25) is 0 Å². The first kappa shape index (κ1) is 16.1. The minimum atomic E-state index is -5.68. The van der Waals surface area contributed by atoms with E-state index in [0.717, 1.165) is 0 Å². The third-order valence-electron chi connectivity index (χ3n) is 2.31. The molecule has 0 aliphatic rings. The smallest absolute Gasteiger partial charge is 0.353 e. The first-order valence-electron chi connectivity index (χ1n) is 4.84. The zero-order valence-electron chi connectivity index (χ0n) is 9.46. The Hall–Kier alpha value is -0.950. The largest absolute Gasteiger partial charge is 0.412 e. The van der Waals surface area contributed by atoms with Gasteiger partial charge in [0.05, 0.1) is 0 Å². The highest BCUT2D eigenvalue weighted by atomic mass is 19.4. The number of carbonyl (C=O) groups excluding carboxylic acids is 1. The molecule has 0 aliphatic carbocycles. The fourth-order valence-corrected chi connectivity index (χ4v) is 1.37. The van der Waals surface area contributed by atoms with Gasteiger partial charge in [-0.2, -0.15) is 26.3 Å². The number of hydrogen-bond donors (Lipinski definition) is 1. The molecule has 8 heteroatoms. The van der Waals surface area contributed by atoms with Crippen molar-refractivity contribution in [3.63, 3.8) is 0 Å². The molecule has 1 N–H and O–H groups in total. The molecular formula is C9H13F6NO. The number of carbonyl (C=O) groups is 1. The second-order valence-corrected chi connectivity index (χ2v) is 3.88. The molecule has 1 amide bonds. The van der Waals surface area contributed by atoms with Crippen LogP contribution < -0.4 is 5.32 Å². The van der Waals surface area contributed by atoms with E-state index in [1.807, 2.05) is 0 Å². The van der Waals surface area contributed by atoms with E-state index < -0.39 is 36.1 Å². The summed E-state index contributed by atoms with van der Waals surface area (Å²) in [4.78, 5) is 11.2. The van der Waals surface area contributed by atoms with Crippen molar-refractivity contribution in [1.29, 1.82) is 0 Å². The van der Waals surface area contributed by atoms with Crippen LogP contribution in [0.25, 0.3) is 0 Å². The highest BCUT2D eigenvalue weighted by molar-refractivity contribution is 5.84. The zero-order valence-corrected chi connectivity index (χ0v) is 9.46. The van der Waals surface area contributed by atoms with Gasteiger partial charge in [0.15, 0.2) is 0 Å². The molecule has 0 atom stereocenters. The maximum absolute atomic E-state index is 12.6. The van der Waals surface area contributed by atoms with Crippen LogP contribution in [0.4, 0.5) is 26.3 Å². The van der Waals surface area contributed by atoms with Crippen molar-refractivity contribution >= 4 is 5.91 Å². The second-order valence-electron chi connectivity index (χ2n) is 3.88. The van der Waals surface area contributed by atoms with Crippen LogP contribution in [0.3, 0.4) is 0 Å². The van der Waals surface area contributed by atoms with Gasteiger partial charge in [-0.15, -0.1) is 0 Å². The molecule has 0 aromatic carbocycles. The number of amides is 1. The number of nitrogens with one attached hydrogen (secondary N) is 1. The molecule has 2 nitrogen and oxygen atoms in total. The van der Waals surface area contributed by atoms with Crippen LogP contribution in [-0.4, -0.2) is 24.3 Å². The van der Waals surface area contributed by atoms with Gasteiger partial charge < -0.3 is 5.32 Å². The number of halogens is 6. The van der Waals surface area contributed by atoms with Crippen LogP contribution >= 0.6 is 0 Å². The van der Waals surface area contributed by atoms with Crippen LogP contribution in [-0.2, 0) is 4.79 Å². The fourth-order valence-electron chi connectivity index (χ4n) is 1.37. The summed E-state index contributed by atoms with van der Waals surface area (Å²) in [7, 11) is 0. The molecular weight excluding hydrogens is 252 g/mol. The van der Waals surface area contributed by atoms with Gasteiger partial charge in [-0.3, -0.25) is 4.79 Å². The molecule has 0 unspecified atom stereocenters. The van der Waals surface area contributed by atoms with Crippen molar-refractivity contribution in [1.82, 2.24) is 5.32 Å². The topological polar surface area (TPSA) is 29.1 Å². The molecule has 0 aromatic rings. The van der Waals surface area contributed by atoms with Crippen LogP contribution in [0, 0.1) is 5.41 Å². The Kier molecular flexibility index (Phi) is 4.47. The predicted molar refractivity (Wildman–Crippen MR) is 48.1 cm³/mol. The maximum atomic E-state index is 12.6. The minimum absolute atomic E-state index is 0.681. The summed E-state index contributed by atoms with van der Waals surface area (Å²) in [5.41, 5.74) is -4.34. The molecule has 0 fully saturated rings. The van der Waals surface area contributed by atoms with E-state index in [1.54, 1.807) is 5.32 Å². The number of alkyl halides is 6. The lowest BCUT2D eigenvalue weighted by molar-refractivity contribution is -0.326. The van der Waals surface area contributed by atoms with Crippen molar-refractivity contribution in [2.75, 3.05) is 0 Å². The lowest BCUT2D eigenvalue weighted by atomic mass is 9.82. The van der Waals surface area contributed by atoms with E-state index in [0.29, 0.717) is 6.92 Å². The Labute approximate surface area is 94.4 Å². The highest BCUT2D eigenvalue weighted by Crippen LogP contribution is 2.52. The lowest BCUT2D eigenvalue weighted by Crippen LogP contribution is -2.60. The van der Waals surface area contributed by atoms with Crippen molar-refractivity contribution in [2.24, 2.45) is 5.41 Å². The van der Waals surface area contributed by atoms with Crippen molar-refractivity contribution in [2.45, 2.75) is 45.6 Å². The third-order valence-corrected chi connectivity index (χ3v) is 2.31. The fraction of sp³-hybridized carbons (Fsp3) is 0.889. The zero-order chi connectivity index (χ0) is 14.1. The monoisotopic (exact) mass is 265 g/mol. The number of rotatable bonds is 3. The molecule has 0 aromatic heterocycles. The SMILES string of the molecule is CCC(C(=O)NC(C)C)(C(F)(F)F)C(F)(F)F. The first-order valence-corrected chi connectivity index (χ1v) is 4.84. The predicted octanol–water partition coefficient (Wildman–Crippen LogP) is 3.03. The average molecular weight is 265 g/mol. The standard InChI is InChI=1S/C9H13F6NO/c1-4-7(8(10,11)12,9(13,14)15)6(17)16-5(2)3/h5H,4H2,1-3H3,(H,16,17). The molecule has 0 saturated carbocycles. The van der Waals surface area contributed by atoms with Crippen LogP contribution in [0.15, 0.2) is 0 Å². The Balaban J connectivity index is 5.61. The summed E-state index contributed by atoms with van der Waals surface area (Å²) in [6.45, 7) is 3.25. The Morgan fingerprint density at radius 2 is 1.41 bits per heavy atom. The molecule has 0 saturated heterocycles. The summed E-state index contributed by atoms with van der Waals surface area (Å²) in [6, 6.07) is -0.807. The quantitative estimate of drug-likeness (QED) is 0.781. The summed E-state index contributed by atoms with van der Waals surface area (Å²) in [5, 5.41) is 1.67. The van der Waals surface area contributed by atoms with Gasteiger partial charge >= 0.3 is 12.4 Å². The Bertz CT molecular complexity index is 266. The molecule has 0 heterocycles. The van der Waals surface area contributed by atoms with Gasteiger partial charge in [0.1, 0.15) is 0 Å². The molecule has 0 radical (unpaired) electrons. The lowest BCUT2D eigenvalue weighted by Gasteiger charge is -2.35. The molecule has 0 bridgehead atoms. The van der Waals surface area contributed by atoms with Gasteiger partial charge in [-0.05, 0) is 20.3 Å². The summed E-state index contributed by atoms with van der Waals surface area (Å²) < 4.78 is 75.5. The van der Waals surface area contributed by atoms with E-state index in [1.165, 1.54) is 13.8 Å². The summed E-state index contributed by atoms with van der Waals surface area (Å²) >= 11 is 0. The van der Waals surface area contributed by atoms with Crippen molar-refractivity contribution < 1.29 is 31.1 Å². The number of hydrogen-bond acceptors (Lipinski definition) is 1. The van der Waals surface area contributed by atoms with Gasteiger partial charge in [0, 0.05) is 6.04 Å². The first-order chi connectivity index (χ1) is 7.40. The highest BCUT2D eigenvalue weighted by Gasteiger charge is 2.74. The van der Waals surface area contributed by atoms with E-state index in [-0.39, 0.29) is 0 Å². The van der Waals surface area contributed by atoms with Crippen molar-refractivity contribution in [3.8, 4) is 0 Å². The van der Waals surface area contributed by atoms with Gasteiger partial charge in [-0.1, -0.05) is 6.92 Å². The minimum Gasteiger partial charge on any atom is -0.353 e. The van der Waals surface area contributed by atoms with E-state index in [4.69, 9.17) is 0 Å². The molecule has 0 rings (SSSR count). The van der Waals surface area contributed by atoms with Crippen LogP contribution in [0.1, 0.15) is 27.2 Å². The van der Waals surface area contributed by atoms with E-state index >= 15 is 0 Å². The van der Waals surface area contributed by atoms with E-state index in [2.05, 4.69) is 0 Å². The van der Waals surface area contributed by atoms with E-state index in [9.17, 15) is 31.1 Å². The molecule has 0 aliphatic heterocycles. The van der Waals surface area contributed by atoms with Crippen molar-refractivity contribution in [3.05, 3.63) is 0 Å². The van der Waals surface area contributed by atoms with Gasteiger partial charge in [0.25, 0.3) is 0 Å². The van der Waals surface area contributed by atoms with Gasteiger partial charge in [0.2, 0.25) is 11.3 Å². The third kappa shape index (κ3) is 2.84. The van der Waals surface area contributed by atoms with Crippen LogP contribution in [0.5, 0.6) is 0 Å². The summed E-state index contributed by atoms with van der Waals surface area (Å²) in [6.07, 6.45) is -12.8. The average Bonchev–Trinajstić information content (AvgIpc) is 1.97. The summed E-state index contributed by atoms with van der Waals surface area (Å²) in [5.74, 6) is -2.06. The Morgan fingerprint density at radius 1 is 1.06 bits per heavy atom. The normalized spacial score (nSPS) is 14.0. The Morgan fingerprint density at radius 3 is 1.59 bits per heavy atom. The molecule has 102 valence electrons. The maximum Gasteiger partial charge on any atom is 0.412 e. The molecule has 17 heavy (non-hydrogen) atoms. The molecule has 0 spiro atoms. The van der Waals surface area contributed by atoms with Gasteiger partial charge in [-0.25, -0.2) is 0 Å². The second kappa shape index (κ2) is 4.73.